The summed E-state index contributed by atoms with van der Waals surface area (Å²) in [6.45, 7) is 2.19. The van der Waals surface area contributed by atoms with E-state index in [2.05, 4.69) is 24.5 Å². The highest BCUT2D eigenvalue weighted by Gasteiger charge is 2.32. The predicted molar refractivity (Wildman–Crippen MR) is 94.8 cm³/mol. The molecule has 2 aliphatic heterocycles. The maximum atomic E-state index is 11.7. The molecule has 27 heavy (non-hydrogen) atoms. The zero-order chi connectivity index (χ0) is 19.0. The number of piperidine rings is 1. The third-order valence-corrected chi connectivity index (χ3v) is 5.19. The molecule has 1 atom stereocenters. The Bertz CT molecular complexity index is 896. The van der Waals surface area contributed by atoms with Crippen molar-refractivity contribution >= 4 is 17.5 Å². The van der Waals surface area contributed by atoms with Crippen molar-refractivity contribution in [3.8, 4) is 0 Å². The number of nitrogens with zero attached hydrogens (tertiary/aromatic N) is 6. The van der Waals surface area contributed by atoms with E-state index in [9.17, 15) is 14.9 Å². The zero-order valence-electron chi connectivity index (χ0n) is 15.0. The third-order valence-electron chi connectivity index (χ3n) is 5.19. The highest BCUT2D eigenvalue weighted by molar-refractivity contribution is 5.90. The van der Waals surface area contributed by atoms with Gasteiger partial charge in [0, 0.05) is 44.2 Å². The predicted octanol–water partition coefficient (Wildman–Crippen LogP) is 1.70. The first-order valence-corrected chi connectivity index (χ1v) is 8.98. The molecule has 0 spiro atoms. The number of aromatic nitrogens is 4. The summed E-state index contributed by atoms with van der Waals surface area (Å²) in [4.78, 5) is 28.8. The van der Waals surface area contributed by atoms with Gasteiger partial charge in [-0.2, -0.15) is 0 Å². The standard InChI is InChI=1S/C17H20N6O4/c1-27-17(24)12-8-13(23(25)26)16(18-9-12)21-6-2-4-11(10-21)15-20-19-14-5-3-7-22(14)15/h8-9,11H,2-7,10H2,1H3. The summed E-state index contributed by atoms with van der Waals surface area (Å²) in [6.07, 6.45) is 5.20. The molecule has 10 nitrogen and oxygen atoms in total. The summed E-state index contributed by atoms with van der Waals surface area (Å²) in [5.74, 6) is 1.76. The molecule has 0 N–H and O–H groups in total. The number of anilines is 1. The quantitative estimate of drug-likeness (QED) is 0.452. The topological polar surface area (TPSA) is 116 Å². The molecule has 0 bridgehead atoms. The van der Waals surface area contributed by atoms with Crippen LogP contribution in [0.4, 0.5) is 11.5 Å². The third kappa shape index (κ3) is 3.11. The molecule has 1 fully saturated rings. The lowest BCUT2D eigenvalue weighted by Gasteiger charge is -2.32. The van der Waals surface area contributed by atoms with E-state index in [4.69, 9.17) is 0 Å². The second kappa shape index (κ2) is 6.93. The number of nitro groups is 1. The molecule has 2 aromatic rings. The summed E-state index contributed by atoms with van der Waals surface area (Å²) in [7, 11) is 1.23. The number of rotatable bonds is 4. The number of pyridine rings is 1. The summed E-state index contributed by atoms with van der Waals surface area (Å²) in [5, 5.41) is 20.2. The van der Waals surface area contributed by atoms with Crippen LogP contribution in [0.2, 0.25) is 0 Å². The Morgan fingerprint density at radius 2 is 2.19 bits per heavy atom. The molecule has 0 radical (unpaired) electrons. The van der Waals surface area contributed by atoms with Crippen LogP contribution in [0.3, 0.4) is 0 Å². The fourth-order valence-corrected chi connectivity index (χ4v) is 3.91. The molecular weight excluding hydrogens is 352 g/mol. The minimum atomic E-state index is -0.646. The Hall–Kier alpha value is -3.04. The maximum Gasteiger partial charge on any atom is 0.339 e. The summed E-state index contributed by atoms with van der Waals surface area (Å²) >= 11 is 0. The van der Waals surface area contributed by atoms with Crippen molar-refractivity contribution in [2.45, 2.75) is 38.1 Å². The molecular formula is C17H20N6O4. The van der Waals surface area contributed by atoms with Gasteiger partial charge in [-0.3, -0.25) is 10.1 Å². The van der Waals surface area contributed by atoms with Crippen molar-refractivity contribution in [1.82, 2.24) is 19.7 Å². The zero-order valence-corrected chi connectivity index (χ0v) is 15.0. The normalized spacial score (nSPS) is 19.0. The van der Waals surface area contributed by atoms with Crippen LogP contribution < -0.4 is 4.90 Å². The van der Waals surface area contributed by atoms with Crippen LogP contribution in [-0.2, 0) is 17.7 Å². The van der Waals surface area contributed by atoms with Crippen LogP contribution in [0.15, 0.2) is 12.3 Å². The largest absolute Gasteiger partial charge is 0.465 e. The molecule has 1 saturated heterocycles. The van der Waals surface area contributed by atoms with Gasteiger partial charge in [-0.25, -0.2) is 9.78 Å². The molecule has 2 aliphatic rings. The average molecular weight is 372 g/mol. The molecule has 1 unspecified atom stereocenters. The van der Waals surface area contributed by atoms with Gasteiger partial charge in [-0.15, -0.1) is 10.2 Å². The summed E-state index contributed by atoms with van der Waals surface area (Å²) in [6, 6.07) is 1.23. The molecule has 2 aromatic heterocycles. The van der Waals surface area contributed by atoms with Crippen LogP contribution >= 0.6 is 0 Å². The van der Waals surface area contributed by atoms with E-state index in [-0.39, 0.29) is 23.0 Å². The van der Waals surface area contributed by atoms with Crippen LogP contribution in [0, 0.1) is 10.1 Å². The first kappa shape index (κ1) is 17.4. The molecule has 4 rings (SSSR count). The monoisotopic (exact) mass is 372 g/mol. The van der Waals surface area contributed by atoms with Gasteiger partial charge < -0.3 is 14.2 Å². The number of aryl methyl sites for hydroxylation is 1. The molecule has 10 heteroatoms. The summed E-state index contributed by atoms with van der Waals surface area (Å²) < 4.78 is 6.81. The molecule has 0 amide bonds. The van der Waals surface area contributed by atoms with Gasteiger partial charge in [-0.05, 0) is 19.3 Å². The Morgan fingerprint density at radius 1 is 1.33 bits per heavy atom. The van der Waals surface area contributed by atoms with E-state index in [1.165, 1.54) is 19.4 Å². The van der Waals surface area contributed by atoms with Gasteiger partial charge in [0.1, 0.15) is 11.6 Å². The number of carbonyl (C=O) groups is 1. The average Bonchev–Trinajstić information content (AvgIpc) is 3.30. The SMILES string of the molecule is COC(=O)c1cnc(N2CCCC(c3nnc4n3CCC4)C2)c([N+](=O)[O-])c1. The molecule has 4 heterocycles. The number of fused-ring (bicyclic) bond motifs is 1. The highest BCUT2D eigenvalue weighted by atomic mass is 16.6. The number of hydrogen-bond acceptors (Lipinski definition) is 8. The van der Waals surface area contributed by atoms with Gasteiger partial charge in [0.15, 0.2) is 0 Å². The van der Waals surface area contributed by atoms with E-state index in [0.717, 1.165) is 43.9 Å². The fraction of sp³-hybridized carbons (Fsp3) is 0.529. The number of esters is 1. The van der Waals surface area contributed by atoms with E-state index < -0.39 is 10.9 Å². The second-order valence-corrected chi connectivity index (χ2v) is 6.83. The fourth-order valence-electron chi connectivity index (χ4n) is 3.91. The second-order valence-electron chi connectivity index (χ2n) is 6.83. The molecule has 0 aromatic carbocycles. The van der Waals surface area contributed by atoms with Crippen molar-refractivity contribution in [2.24, 2.45) is 0 Å². The van der Waals surface area contributed by atoms with Gasteiger partial charge >= 0.3 is 11.7 Å². The lowest BCUT2D eigenvalue weighted by Crippen LogP contribution is -2.36. The number of carbonyl (C=O) groups excluding carboxylic acids is 1. The van der Waals surface area contributed by atoms with Crippen LogP contribution in [0.1, 0.15) is 47.2 Å². The first-order chi connectivity index (χ1) is 13.1. The number of ether oxygens (including phenoxy) is 1. The summed E-state index contributed by atoms with van der Waals surface area (Å²) in [5.41, 5.74) is -0.123. The van der Waals surface area contributed by atoms with E-state index in [0.29, 0.717) is 13.1 Å². The molecule has 142 valence electrons. The van der Waals surface area contributed by atoms with Crippen LogP contribution in [0.25, 0.3) is 0 Å². The van der Waals surface area contributed by atoms with Gasteiger partial charge in [0.05, 0.1) is 17.6 Å². The number of hydrogen-bond donors (Lipinski definition) is 0. The van der Waals surface area contributed by atoms with E-state index in [1.807, 2.05) is 4.90 Å². The van der Waals surface area contributed by atoms with Gasteiger partial charge in [-0.1, -0.05) is 0 Å². The van der Waals surface area contributed by atoms with E-state index >= 15 is 0 Å². The molecule has 0 aliphatic carbocycles. The lowest BCUT2D eigenvalue weighted by atomic mass is 9.97. The molecule has 0 saturated carbocycles. The Kier molecular flexibility index (Phi) is 4.46. The van der Waals surface area contributed by atoms with Gasteiger partial charge in [0.2, 0.25) is 5.82 Å². The lowest BCUT2D eigenvalue weighted by molar-refractivity contribution is -0.384. The Labute approximate surface area is 155 Å². The minimum Gasteiger partial charge on any atom is -0.465 e. The number of methoxy groups -OCH3 is 1. The van der Waals surface area contributed by atoms with Crippen molar-refractivity contribution in [2.75, 3.05) is 25.1 Å². The Balaban J connectivity index is 1.62. The van der Waals surface area contributed by atoms with Gasteiger partial charge in [0.25, 0.3) is 0 Å². The first-order valence-electron chi connectivity index (χ1n) is 8.98. The van der Waals surface area contributed by atoms with Crippen molar-refractivity contribution in [3.05, 3.63) is 39.6 Å². The maximum absolute atomic E-state index is 11.7. The van der Waals surface area contributed by atoms with E-state index in [1.54, 1.807) is 0 Å². The minimum absolute atomic E-state index is 0.0665. The Morgan fingerprint density at radius 3 is 2.96 bits per heavy atom. The highest BCUT2D eigenvalue weighted by Crippen LogP contribution is 2.34. The van der Waals surface area contributed by atoms with Crippen LogP contribution in [0.5, 0.6) is 0 Å². The smallest absolute Gasteiger partial charge is 0.339 e. The van der Waals surface area contributed by atoms with Crippen molar-refractivity contribution in [1.29, 1.82) is 0 Å². The van der Waals surface area contributed by atoms with Crippen LogP contribution in [-0.4, -0.2) is 50.8 Å². The van der Waals surface area contributed by atoms with Crippen molar-refractivity contribution in [3.63, 3.8) is 0 Å². The van der Waals surface area contributed by atoms with Crippen molar-refractivity contribution < 1.29 is 14.5 Å².